The topological polar surface area (TPSA) is 81.4 Å². The number of thiazole rings is 1. The standard InChI is InChI=1S/C13H14N2O4S/c1-3-19-12(17)10(16)7-15-9-5-4-8(18-2)6-11(9)20-13(15)14/h4-6,14H,3,7H2,1-2H3. The van der Waals surface area contributed by atoms with Gasteiger partial charge in [0.15, 0.2) is 4.80 Å². The fourth-order valence-corrected chi connectivity index (χ4v) is 2.71. The number of Topliss-reactive ketones (excluding diaryl/α,β-unsaturated/α-hetero) is 1. The summed E-state index contributed by atoms with van der Waals surface area (Å²) in [5.41, 5.74) is 0.721. The van der Waals surface area contributed by atoms with Gasteiger partial charge in [0.1, 0.15) is 5.75 Å². The van der Waals surface area contributed by atoms with Gasteiger partial charge in [-0.25, -0.2) is 4.79 Å². The maximum absolute atomic E-state index is 11.7. The van der Waals surface area contributed by atoms with Gasteiger partial charge in [0.2, 0.25) is 0 Å². The van der Waals surface area contributed by atoms with Crippen LogP contribution in [0, 0.1) is 5.41 Å². The van der Waals surface area contributed by atoms with Gasteiger partial charge < -0.3 is 14.0 Å². The summed E-state index contributed by atoms with van der Waals surface area (Å²) in [5.74, 6) is -0.851. The Balaban J connectivity index is 2.35. The molecule has 0 aliphatic rings. The molecule has 0 atom stereocenters. The molecule has 0 aliphatic heterocycles. The highest BCUT2D eigenvalue weighted by Gasteiger charge is 2.17. The smallest absolute Gasteiger partial charge is 0.376 e. The Bertz CT molecular complexity index is 717. The number of carbonyl (C=O) groups excluding carboxylic acids is 2. The van der Waals surface area contributed by atoms with Crippen molar-refractivity contribution in [1.82, 2.24) is 4.57 Å². The molecule has 0 spiro atoms. The molecule has 2 aromatic rings. The van der Waals surface area contributed by atoms with Crippen molar-refractivity contribution in [3.05, 3.63) is 23.0 Å². The third-order valence-electron chi connectivity index (χ3n) is 2.71. The van der Waals surface area contributed by atoms with Crippen LogP contribution in [0.4, 0.5) is 0 Å². The number of nitrogens with zero attached hydrogens (tertiary/aromatic N) is 1. The highest BCUT2D eigenvalue weighted by molar-refractivity contribution is 7.16. The average molecular weight is 294 g/mol. The fraction of sp³-hybridized carbons (Fsp3) is 0.308. The lowest BCUT2D eigenvalue weighted by molar-refractivity contribution is -0.153. The maximum atomic E-state index is 11.7. The molecule has 1 aromatic carbocycles. The second kappa shape index (κ2) is 5.87. The second-order valence-corrected chi connectivity index (χ2v) is 5.00. The van der Waals surface area contributed by atoms with E-state index >= 15 is 0 Å². The normalized spacial score (nSPS) is 10.5. The first-order chi connectivity index (χ1) is 9.56. The molecule has 0 saturated carbocycles. The van der Waals surface area contributed by atoms with Gasteiger partial charge in [0.25, 0.3) is 5.78 Å². The van der Waals surface area contributed by atoms with Crippen LogP contribution in [0.3, 0.4) is 0 Å². The number of aromatic nitrogens is 1. The van der Waals surface area contributed by atoms with Gasteiger partial charge in [-0.2, -0.15) is 0 Å². The average Bonchev–Trinajstić information content (AvgIpc) is 2.74. The van der Waals surface area contributed by atoms with Crippen molar-refractivity contribution in [3.8, 4) is 5.75 Å². The zero-order chi connectivity index (χ0) is 14.7. The summed E-state index contributed by atoms with van der Waals surface area (Å²) in [7, 11) is 1.56. The predicted octanol–water partition coefficient (Wildman–Crippen LogP) is 1.32. The maximum Gasteiger partial charge on any atom is 0.376 e. The van der Waals surface area contributed by atoms with Crippen LogP contribution in [-0.2, 0) is 20.9 Å². The SMILES string of the molecule is CCOC(=O)C(=O)Cn1c(=N)sc2cc(OC)ccc21. The summed E-state index contributed by atoms with van der Waals surface area (Å²) in [5, 5.41) is 7.90. The van der Waals surface area contributed by atoms with Crippen molar-refractivity contribution < 1.29 is 19.1 Å². The van der Waals surface area contributed by atoms with E-state index < -0.39 is 11.8 Å². The van der Waals surface area contributed by atoms with Crippen molar-refractivity contribution in [1.29, 1.82) is 5.41 Å². The third kappa shape index (κ3) is 2.72. The Morgan fingerprint density at radius 3 is 2.80 bits per heavy atom. The molecule has 20 heavy (non-hydrogen) atoms. The molecule has 1 heterocycles. The first-order valence-corrected chi connectivity index (χ1v) is 6.80. The Morgan fingerprint density at radius 2 is 2.15 bits per heavy atom. The van der Waals surface area contributed by atoms with E-state index in [-0.39, 0.29) is 18.0 Å². The highest BCUT2D eigenvalue weighted by Crippen LogP contribution is 2.22. The summed E-state index contributed by atoms with van der Waals surface area (Å²) in [6.45, 7) is 1.61. The molecule has 0 bridgehead atoms. The second-order valence-electron chi connectivity index (χ2n) is 3.97. The van der Waals surface area contributed by atoms with Crippen molar-refractivity contribution in [3.63, 3.8) is 0 Å². The van der Waals surface area contributed by atoms with E-state index in [1.807, 2.05) is 0 Å². The first kappa shape index (κ1) is 14.3. The molecule has 6 nitrogen and oxygen atoms in total. The molecule has 1 aromatic heterocycles. The minimum atomic E-state index is -0.868. The lowest BCUT2D eigenvalue weighted by Gasteiger charge is -2.04. The summed E-state index contributed by atoms with van der Waals surface area (Å²) >= 11 is 1.22. The fourth-order valence-electron chi connectivity index (χ4n) is 1.77. The minimum absolute atomic E-state index is 0.157. The van der Waals surface area contributed by atoms with Gasteiger partial charge >= 0.3 is 5.97 Å². The minimum Gasteiger partial charge on any atom is -0.497 e. The lowest BCUT2D eigenvalue weighted by Crippen LogP contribution is -2.26. The van der Waals surface area contributed by atoms with Gasteiger partial charge in [-0.3, -0.25) is 10.2 Å². The number of nitrogens with one attached hydrogen (secondary N) is 1. The number of carbonyl (C=O) groups is 2. The number of esters is 1. The summed E-state index contributed by atoms with van der Waals surface area (Å²) in [6, 6.07) is 5.31. The lowest BCUT2D eigenvalue weighted by atomic mass is 10.3. The van der Waals surface area contributed by atoms with Crippen LogP contribution in [0.25, 0.3) is 10.2 Å². The number of rotatable bonds is 5. The number of ketones is 1. The zero-order valence-corrected chi connectivity index (χ0v) is 12.0. The molecular formula is C13H14N2O4S. The molecule has 1 N–H and O–H groups in total. The number of hydrogen-bond acceptors (Lipinski definition) is 6. The molecular weight excluding hydrogens is 280 g/mol. The quantitative estimate of drug-likeness (QED) is 0.666. The highest BCUT2D eigenvalue weighted by atomic mass is 32.1. The van der Waals surface area contributed by atoms with Crippen LogP contribution in [0.15, 0.2) is 18.2 Å². The molecule has 0 aliphatic carbocycles. The van der Waals surface area contributed by atoms with Gasteiger partial charge in [-0.05, 0) is 25.1 Å². The predicted molar refractivity (Wildman–Crippen MR) is 73.9 cm³/mol. The number of ether oxygens (including phenoxy) is 2. The molecule has 0 amide bonds. The molecule has 0 unspecified atom stereocenters. The van der Waals surface area contributed by atoms with Crippen LogP contribution in [-0.4, -0.2) is 30.0 Å². The van der Waals surface area contributed by atoms with Gasteiger partial charge in [-0.1, -0.05) is 11.3 Å². The van der Waals surface area contributed by atoms with E-state index in [4.69, 9.17) is 10.1 Å². The molecule has 0 saturated heterocycles. The van der Waals surface area contributed by atoms with E-state index in [1.54, 1.807) is 32.2 Å². The van der Waals surface area contributed by atoms with Gasteiger partial charge in [0, 0.05) is 0 Å². The van der Waals surface area contributed by atoms with E-state index in [0.717, 1.165) is 10.2 Å². The Morgan fingerprint density at radius 1 is 1.40 bits per heavy atom. The summed E-state index contributed by atoms with van der Waals surface area (Å²) in [6.07, 6.45) is 0. The van der Waals surface area contributed by atoms with E-state index in [2.05, 4.69) is 4.74 Å². The number of methoxy groups -OCH3 is 1. The molecule has 0 radical (unpaired) electrons. The Labute approximate surface area is 119 Å². The van der Waals surface area contributed by atoms with Gasteiger partial charge in [-0.15, -0.1) is 0 Å². The van der Waals surface area contributed by atoms with Crippen molar-refractivity contribution in [2.45, 2.75) is 13.5 Å². The first-order valence-electron chi connectivity index (χ1n) is 5.98. The Hall–Kier alpha value is -2.15. The van der Waals surface area contributed by atoms with Crippen LogP contribution < -0.4 is 9.54 Å². The van der Waals surface area contributed by atoms with Gasteiger partial charge in [0.05, 0.1) is 30.5 Å². The summed E-state index contributed by atoms with van der Waals surface area (Å²) in [4.78, 5) is 23.3. The number of fused-ring (bicyclic) bond motifs is 1. The number of benzene rings is 1. The molecule has 7 heteroatoms. The van der Waals surface area contributed by atoms with Crippen LogP contribution in [0.2, 0.25) is 0 Å². The molecule has 106 valence electrons. The van der Waals surface area contributed by atoms with Crippen LogP contribution >= 0.6 is 11.3 Å². The largest absolute Gasteiger partial charge is 0.497 e. The van der Waals surface area contributed by atoms with Crippen LogP contribution in [0.5, 0.6) is 5.75 Å². The third-order valence-corrected chi connectivity index (χ3v) is 3.68. The van der Waals surface area contributed by atoms with Crippen molar-refractivity contribution in [2.24, 2.45) is 0 Å². The van der Waals surface area contributed by atoms with Crippen molar-refractivity contribution >= 4 is 33.3 Å². The van der Waals surface area contributed by atoms with E-state index in [0.29, 0.717) is 5.75 Å². The molecule has 0 fully saturated rings. The van der Waals surface area contributed by atoms with E-state index in [9.17, 15) is 9.59 Å². The summed E-state index contributed by atoms with van der Waals surface area (Å²) < 4.78 is 12.1. The molecule has 2 rings (SSSR count). The zero-order valence-electron chi connectivity index (χ0n) is 11.1. The van der Waals surface area contributed by atoms with Crippen LogP contribution in [0.1, 0.15) is 6.92 Å². The van der Waals surface area contributed by atoms with E-state index in [1.165, 1.54) is 15.9 Å². The van der Waals surface area contributed by atoms with Crippen molar-refractivity contribution in [2.75, 3.05) is 13.7 Å². The number of hydrogen-bond donors (Lipinski definition) is 1. The Kier molecular flexibility index (Phi) is 4.19. The monoisotopic (exact) mass is 294 g/mol.